The summed E-state index contributed by atoms with van der Waals surface area (Å²) in [5.74, 6) is -0.638. The molecule has 0 aromatic heterocycles. The number of amides is 1. The zero-order chi connectivity index (χ0) is 23.0. The number of methoxy groups -OCH3 is 1. The number of carbonyl (C=O) groups is 2. The van der Waals surface area contributed by atoms with Gasteiger partial charge in [0.2, 0.25) is 18.0 Å². The Balaban J connectivity index is 1.88. The van der Waals surface area contributed by atoms with Gasteiger partial charge in [0.25, 0.3) is 0 Å². The molecule has 0 saturated carbocycles. The fraction of sp³-hybridized carbons (Fsp3) is 0.174. The summed E-state index contributed by atoms with van der Waals surface area (Å²) in [5, 5.41) is 7.60. The predicted octanol–water partition coefficient (Wildman–Crippen LogP) is 5.32. The van der Waals surface area contributed by atoms with E-state index >= 15 is 0 Å². The van der Waals surface area contributed by atoms with Crippen LogP contribution in [0.25, 0.3) is 10.8 Å². The minimum Gasteiger partial charge on any atom is -0.493 e. The summed E-state index contributed by atoms with van der Waals surface area (Å²) >= 11 is 12.8. The highest BCUT2D eigenvalue weighted by Gasteiger charge is 2.39. The van der Waals surface area contributed by atoms with E-state index in [2.05, 4.69) is 5.10 Å². The first-order chi connectivity index (χ1) is 15.3. The molecule has 3 aromatic carbocycles. The van der Waals surface area contributed by atoms with Crippen LogP contribution in [0.1, 0.15) is 31.2 Å². The van der Waals surface area contributed by atoms with Crippen molar-refractivity contribution >= 4 is 51.7 Å². The Bertz CT molecular complexity index is 1270. The molecule has 32 heavy (non-hydrogen) atoms. The van der Waals surface area contributed by atoms with Crippen molar-refractivity contribution in [1.82, 2.24) is 5.01 Å². The number of ether oxygens (including phenoxy) is 3. The lowest BCUT2D eigenvalue weighted by atomic mass is 10.0. The van der Waals surface area contributed by atoms with Crippen LogP contribution in [0.3, 0.4) is 0 Å². The Morgan fingerprint density at radius 1 is 1.09 bits per heavy atom. The van der Waals surface area contributed by atoms with Crippen LogP contribution >= 0.6 is 23.2 Å². The molecule has 0 saturated heterocycles. The van der Waals surface area contributed by atoms with Crippen LogP contribution in [0.5, 0.6) is 11.5 Å². The van der Waals surface area contributed by atoms with E-state index in [0.717, 1.165) is 15.8 Å². The lowest BCUT2D eigenvalue weighted by Crippen LogP contribution is -2.26. The summed E-state index contributed by atoms with van der Waals surface area (Å²) in [6.07, 6.45) is -1.13. The maximum Gasteiger partial charge on any atom is 0.308 e. The molecule has 7 nitrogen and oxygen atoms in total. The number of hydrogen-bond acceptors (Lipinski definition) is 6. The highest BCUT2D eigenvalue weighted by Crippen LogP contribution is 2.48. The number of rotatable bonds is 4. The average molecular weight is 473 g/mol. The molecule has 0 N–H and O–H groups in total. The number of halogens is 2. The molecule has 1 heterocycles. The second-order valence-corrected chi connectivity index (χ2v) is 7.76. The van der Waals surface area contributed by atoms with Crippen LogP contribution in [0.4, 0.5) is 0 Å². The van der Waals surface area contributed by atoms with E-state index < -0.39 is 18.1 Å². The maximum atomic E-state index is 12.5. The Hall–Kier alpha value is -3.29. The number of esters is 1. The van der Waals surface area contributed by atoms with Crippen molar-refractivity contribution in [3.05, 3.63) is 69.7 Å². The molecule has 0 spiro atoms. The molecule has 1 aliphatic rings. The van der Waals surface area contributed by atoms with Crippen molar-refractivity contribution < 1.29 is 23.8 Å². The van der Waals surface area contributed by atoms with Gasteiger partial charge in [0.05, 0.1) is 22.7 Å². The predicted molar refractivity (Wildman–Crippen MR) is 121 cm³/mol. The van der Waals surface area contributed by atoms with E-state index in [0.29, 0.717) is 5.56 Å². The quantitative estimate of drug-likeness (QED) is 0.379. The van der Waals surface area contributed by atoms with E-state index in [4.69, 9.17) is 37.4 Å². The van der Waals surface area contributed by atoms with Crippen LogP contribution in [0.15, 0.2) is 53.6 Å². The Morgan fingerprint density at radius 3 is 2.50 bits per heavy atom. The number of hydrogen-bond donors (Lipinski definition) is 0. The number of benzene rings is 3. The van der Waals surface area contributed by atoms with Crippen LogP contribution in [0, 0.1) is 0 Å². The summed E-state index contributed by atoms with van der Waals surface area (Å²) in [7, 11) is 1.40. The molecule has 4 rings (SSSR count). The topological polar surface area (TPSA) is 77.4 Å². The minimum atomic E-state index is -1.13. The molecule has 9 heteroatoms. The molecule has 0 fully saturated rings. The molecule has 164 valence electrons. The summed E-state index contributed by atoms with van der Waals surface area (Å²) in [6, 6.07) is 14.8. The zero-order valence-electron chi connectivity index (χ0n) is 17.4. The van der Waals surface area contributed by atoms with Crippen LogP contribution in [0.2, 0.25) is 10.0 Å². The van der Waals surface area contributed by atoms with E-state index in [1.807, 2.05) is 42.5 Å². The second kappa shape index (κ2) is 8.68. The van der Waals surface area contributed by atoms with E-state index in [1.54, 1.807) is 0 Å². The van der Waals surface area contributed by atoms with Gasteiger partial charge in [0, 0.05) is 25.5 Å². The second-order valence-electron chi connectivity index (χ2n) is 6.98. The van der Waals surface area contributed by atoms with Gasteiger partial charge in [-0.1, -0.05) is 59.6 Å². The first kappa shape index (κ1) is 21.9. The third-order valence-electron chi connectivity index (χ3n) is 4.87. The van der Waals surface area contributed by atoms with Crippen molar-refractivity contribution in [3.8, 4) is 11.5 Å². The third-order valence-corrected chi connectivity index (χ3v) is 5.67. The molecule has 1 atom stereocenters. The largest absolute Gasteiger partial charge is 0.493 e. The molecule has 0 unspecified atom stereocenters. The third kappa shape index (κ3) is 3.85. The van der Waals surface area contributed by atoms with Crippen LogP contribution in [-0.4, -0.2) is 29.9 Å². The van der Waals surface area contributed by atoms with Gasteiger partial charge in [-0.05, 0) is 16.8 Å². The van der Waals surface area contributed by atoms with Gasteiger partial charge < -0.3 is 14.2 Å². The highest BCUT2D eigenvalue weighted by atomic mass is 35.5. The Morgan fingerprint density at radius 2 is 1.81 bits per heavy atom. The summed E-state index contributed by atoms with van der Waals surface area (Å²) in [4.78, 5) is 24.3. The van der Waals surface area contributed by atoms with Crippen molar-refractivity contribution in [1.29, 1.82) is 0 Å². The van der Waals surface area contributed by atoms with Crippen molar-refractivity contribution in [2.24, 2.45) is 5.10 Å². The van der Waals surface area contributed by atoms with Gasteiger partial charge in [-0.3, -0.25) is 9.59 Å². The maximum absolute atomic E-state index is 12.5. The number of nitrogens with zero attached hydrogens (tertiary/aromatic N) is 2. The number of fused-ring (bicyclic) bond motifs is 1. The number of carbonyl (C=O) groups excluding carboxylic acids is 2. The monoisotopic (exact) mass is 472 g/mol. The van der Waals surface area contributed by atoms with Crippen molar-refractivity contribution in [2.75, 3.05) is 7.11 Å². The first-order valence-corrected chi connectivity index (χ1v) is 10.3. The van der Waals surface area contributed by atoms with Gasteiger partial charge >= 0.3 is 5.97 Å². The SMILES string of the molecule is COc1cc(Cl)c(Cl)c([C@@H]2OC(c3cccc4ccccc34)=NN2C(C)=O)c1OC(C)=O. The molecule has 0 bridgehead atoms. The molecule has 1 aliphatic heterocycles. The highest BCUT2D eigenvalue weighted by molar-refractivity contribution is 6.42. The molecule has 0 radical (unpaired) electrons. The van der Waals surface area contributed by atoms with E-state index in [9.17, 15) is 9.59 Å². The number of hydrazone groups is 1. The lowest BCUT2D eigenvalue weighted by molar-refractivity contribution is -0.135. The standard InChI is InChI=1S/C23H18Cl2N2O5/c1-12(28)27-23(19-20(25)17(24)11-18(30-3)21(19)31-13(2)29)32-22(26-27)16-10-6-8-14-7-4-5-9-15(14)16/h4-11,23H,1-3H3/t23-/m0/s1. The lowest BCUT2D eigenvalue weighted by Gasteiger charge is -2.24. The summed E-state index contributed by atoms with van der Waals surface area (Å²) in [5.41, 5.74) is 0.844. The van der Waals surface area contributed by atoms with Gasteiger partial charge in [-0.15, -0.1) is 5.10 Å². The van der Waals surface area contributed by atoms with Gasteiger partial charge in [-0.2, -0.15) is 5.01 Å². The summed E-state index contributed by atoms with van der Waals surface area (Å²) < 4.78 is 16.8. The summed E-state index contributed by atoms with van der Waals surface area (Å²) in [6.45, 7) is 2.58. The van der Waals surface area contributed by atoms with Crippen LogP contribution in [-0.2, 0) is 14.3 Å². The smallest absolute Gasteiger partial charge is 0.308 e. The van der Waals surface area contributed by atoms with Gasteiger partial charge in [0.15, 0.2) is 11.5 Å². The fourth-order valence-corrected chi connectivity index (χ4v) is 3.94. The average Bonchev–Trinajstić information content (AvgIpc) is 3.20. The molecular weight excluding hydrogens is 455 g/mol. The van der Waals surface area contributed by atoms with E-state index in [1.165, 1.54) is 27.0 Å². The normalized spacial score (nSPS) is 15.3. The molecule has 0 aliphatic carbocycles. The first-order valence-electron chi connectivity index (χ1n) is 9.59. The molecule has 3 aromatic rings. The molecular formula is C23H18Cl2N2O5. The van der Waals surface area contributed by atoms with Crippen LogP contribution < -0.4 is 9.47 Å². The van der Waals surface area contributed by atoms with Gasteiger partial charge in [-0.25, -0.2) is 0 Å². The zero-order valence-corrected chi connectivity index (χ0v) is 18.9. The van der Waals surface area contributed by atoms with Crippen molar-refractivity contribution in [3.63, 3.8) is 0 Å². The molecule has 1 amide bonds. The van der Waals surface area contributed by atoms with Crippen molar-refractivity contribution in [2.45, 2.75) is 20.1 Å². The van der Waals surface area contributed by atoms with Gasteiger partial charge in [0.1, 0.15) is 0 Å². The minimum absolute atomic E-state index is 0.0000183. The Kier molecular flexibility index (Phi) is 5.95. The Labute approximate surface area is 194 Å². The van der Waals surface area contributed by atoms with E-state index in [-0.39, 0.29) is 33.0 Å². The fourth-order valence-electron chi connectivity index (χ4n) is 3.50.